The molecule has 0 unspecified atom stereocenters. The summed E-state index contributed by atoms with van der Waals surface area (Å²) in [6, 6.07) is 6.72. The third-order valence-electron chi connectivity index (χ3n) is 2.69. The van der Waals surface area contributed by atoms with Gasteiger partial charge in [-0.2, -0.15) is 0 Å². The quantitative estimate of drug-likeness (QED) is 0.477. The van der Waals surface area contributed by atoms with Crippen molar-refractivity contribution in [3.63, 3.8) is 0 Å². The standard InChI is InChI=1S/C14H14N2O3/c1-3-19-14(18)12(17)10-4-6-11(7-5-10)13-15-8-9-16(13)2/h4-9H,3H2,1-2H3. The van der Waals surface area contributed by atoms with Gasteiger partial charge >= 0.3 is 5.97 Å². The first-order valence-electron chi connectivity index (χ1n) is 5.92. The van der Waals surface area contributed by atoms with Crippen LogP contribution in [0.2, 0.25) is 0 Å². The Labute approximate surface area is 110 Å². The van der Waals surface area contributed by atoms with Gasteiger partial charge in [0.1, 0.15) is 5.82 Å². The molecule has 19 heavy (non-hydrogen) atoms. The molecule has 0 spiro atoms. The summed E-state index contributed by atoms with van der Waals surface area (Å²) in [5.74, 6) is -0.657. The Morgan fingerprint density at radius 1 is 1.26 bits per heavy atom. The van der Waals surface area contributed by atoms with Gasteiger partial charge in [0.25, 0.3) is 5.78 Å². The molecule has 98 valence electrons. The molecule has 1 aromatic heterocycles. The number of rotatable bonds is 4. The number of ketones is 1. The van der Waals surface area contributed by atoms with E-state index >= 15 is 0 Å². The van der Waals surface area contributed by atoms with E-state index in [0.717, 1.165) is 11.4 Å². The highest BCUT2D eigenvalue weighted by atomic mass is 16.5. The molecule has 2 aromatic rings. The number of ether oxygens (including phenoxy) is 1. The second-order valence-electron chi connectivity index (χ2n) is 3.99. The van der Waals surface area contributed by atoms with Gasteiger partial charge in [-0.3, -0.25) is 4.79 Å². The molecular weight excluding hydrogens is 244 g/mol. The Morgan fingerprint density at radius 2 is 1.95 bits per heavy atom. The number of benzene rings is 1. The van der Waals surface area contributed by atoms with E-state index in [0.29, 0.717) is 5.56 Å². The average Bonchev–Trinajstić information content (AvgIpc) is 2.84. The minimum atomic E-state index is -0.827. The van der Waals surface area contributed by atoms with Crippen LogP contribution in [-0.2, 0) is 16.6 Å². The molecule has 2 rings (SSSR count). The second-order valence-corrected chi connectivity index (χ2v) is 3.99. The summed E-state index contributed by atoms with van der Waals surface area (Å²) in [5, 5.41) is 0. The van der Waals surface area contributed by atoms with Gasteiger partial charge in [-0.05, 0) is 6.92 Å². The van der Waals surface area contributed by atoms with Crippen LogP contribution < -0.4 is 0 Å². The van der Waals surface area contributed by atoms with E-state index < -0.39 is 11.8 Å². The molecule has 0 N–H and O–H groups in total. The Balaban J connectivity index is 2.22. The Bertz CT molecular complexity index is 599. The van der Waals surface area contributed by atoms with Gasteiger partial charge in [-0.1, -0.05) is 24.3 Å². The van der Waals surface area contributed by atoms with Crippen molar-refractivity contribution in [1.82, 2.24) is 9.55 Å². The minimum absolute atomic E-state index is 0.190. The Kier molecular flexibility index (Phi) is 3.75. The summed E-state index contributed by atoms with van der Waals surface area (Å²) in [5.41, 5.74) is 1.20. The zero-order valence-electron chi connectivity index (χ0n) is 10.8. The average molecular weight is 258 g/mol. The van der Waals surface area contributed by atoms with Gasteiger partial charge in [-0.15, -0.1) is 0 Å². The maximum Gasteiger partial charge on any atom is 0.379 e. The van der Waals surface area contributed by atoms with Crippen LogP contribution in [0.5, 0.6) is 0 Å². The van der Waals surface area contributed by atoms with Crippen molar-refractivity contribution in [3.8, 4) is 11.4 Å². The van der Waals surface area contributed by atoms with Crippen LogP contribution in [0.25, 0.3) is 11.4 Å². The molecule has 0 saturated heterocycles. The number of aryl methyl sites for hydroxylation is 1. The molecule has 0 amide bonds. The van der Waals surface area contributed by atoms with Crippen molar-refractivity contribution in [3.05, 3.63) is 42.2 Å². The lowest BCUT2D eigenvalue weighted by Crippen LogP contribution is -2.17. The van der Waals surface area contributed by atoms with Crippen molar-refractivity contribution < 1.29 is 14.3 Å². The fourth-order valence-corrected chi connectivity index (χ4v) is 1.73. The molecule has 0 bridgehead atoms. The number of carbonyl (C=O) groups excluding carboxylic acids is 2. The Morgan fingerprint density at radius 3 is 2.47 bits per heavy atom. The van der Waals surface area contributed by atoms with Crippen LogP contribution in [0.1, 0.15) is 17.3 Å². The van der Waals surface area contributed by atoms with Crippen LogP contribution >= 0.6 is 0 Å². The van der Waals surface area contributed by atoms with Gasteiger partial charge in [-0.25, -0.2) is 9.78 Å². The van der Waals surface area contributed by atoms with Crippen molar-refractivity contribution in [2.45, 2.75) is 6.92 Å². The van der Waals surface area contributed by atoms with Crippen LogP contribution in [-0.4, -0.2) is 27.9 Å². The molecule has 0 aliphatic carbocycles. The first kappa shape index (κ1) is 13.0. The van der Waals surface area contributed by atoms with Crippen molar-refractivity contribution in [1.29, 1.82) is 0 Å². The Hall–Kier alpha value is -2.43. The molecule has 1 aromatic carbocycles. The predicted molar refractivity (Wildman–Crippen MR) is 69.6 cm³/mol. The van der Waals surface area contributed by atoms with E-state index in [4.69, 9.17) is 0 Å². The van der Waals surface area contributed by atoms with Crippen molar-refractivity contribution >= 4 is 11.8 Å². The normalized spacial score (nSPS) is 10.2. The van der Waals surface area contributed by atoms with E-state index in [9.17, 15) is 9.59 Å². The molecule has 0 aliphatic rings. The highest BCUT2D eigenvalue weighted by Crippen LogP contribution is 2.17. The van der Waals surface area contributed by atoms with Crippen LogP contribution in [0.15, 0.2) is 36.7 Å². The lowest BCUT2D eigenvalue weighted by atomic mass is 10.1. The SMILES string of the molecule is CCOC(=O)C(=O)c1ccc(-c2nccn2C)cc1. The second kappa shape index (κ2) is 5.48. The largest absolute Gasteiger partial charge is 0.460 e. The number of Topliss-reactive ketones (excluding diaryl/α,β-unsaturated/α-hetero) is 1. The number of hydrogen-bond donors (Lipinski definition) is 0. The molecule has 0 atom stereocenters. The number of hydrogen-bond acceptors (Lipinski definition) is 4. The zero-order valence-corrected chi connectivity index (χ0v) is 10.8. The lowest BCUT2D eigenvalue weighted by Gasteiger charge is -2.04. The number of aromatic nitrogens is 2. The third-order valence-corrected chi connectivity index (χ3v) is 2.69. The lowest BCUT2D eigenvalue weighted by molar-refractivity contribution is -0.137. The molecule has 0 fully saturated rings. The third kappa shape index (κ3) is 2.70. The fourth-order valence-electron chi connectivity index (χ4n) is 1.73. The van der Waals surface area contributed by atoms with E-state index in [2.05, 4.69) is 9.72 Å². The molecule has 1 heterocycles. The molecule has 5 heteroatoms. The van der Waals surface area contributed by atoms with Gasteiger partial charge in [0, 0.05) is 30.6 Å². The highest BCUT2D eigenvalue weighted by Gasteiger charge is 2.17. The summed E-state index contributed by atoms with van der Waals surface area (Å²) in [6.45, 7) is 1.85. The summed E-state index contributed by atoms with van der Waals surface area (Å²) >= 11 is 0. The smallest absolute Gasteiger partial charge is 0.379 e. The summed E-state index contributed by atoms with van der Waals surface area (Å²) in [4.78, 5) is 27.2. The first-order chi connectivity index (χ1) is 9.13. The van der Waals surface area contributed by atoms with E-state index in [1.165, 1.54) is 0 Å². The molecule has 5 nitrogen and oxygen atoms in total. The van der Waals surface area contributed by atoms with Crippen LogP contribution in [0.4, 0.5) is 0 Å². The van der Waals surface area contributed by atoms with Crippen molar-refractivity contribution in [2.75, 3.05) is 6.61 Å². The number of imidazole rings is 1. The maximum atomic E-state index is 11.7. The van der Waals surface area contributed by atoms with Crippen LogP contribution in [0, 0.1) is 0 Å². The summed E-state index contributed by atoms with van der Waals surface area (Å²) in [6.07, 6.45) is 3.54. The van der Waals surface area contributed by atoms with E-state index in [1.54, 1.807) is 37.4 Å². The minimum Gasteiger partial charge on any atom is -0.460 e. The van der Waals surface area contributed by atoms with Gasteiger partial charge in [0.05, 0.1) is 6.61 Å². The van der Waals surface area contributed by atoms with E-state index in [-0.39, 0.29) is 6.61 Å². The number of esters is 1. The van der Waals surface area contributed by atoms with Gasteiger partial charge < -0.3 is 9.30 Å². The summed E-state index contributed by atoms with van der Waals surface area (Å²) < 4.78 is 6.55. The molecule has 0 aliphatic heterocycles. The summed E-state index contributed by atoms with van der Waals surface area (Å²) in [7, 11) is 1.89. The van der Waals surface area contributed by atoms with Crippen molar-refractivity contribution in [2.24, 2.45) is 7.05 Å². The predicted octanol–water partition coefficient (Wildman–Crippen LogP) is 1.83. The number of carbonyl (C=O) groups is 2. The molecule has 0 radical (unpaired) electrons. The maximum absolute atomic E-state index is 11.7. The fraction of sp³-hybridized carbons (Fsp3) is 0.214. The van der Waals surface area contributed by atoms with Crippen LogP contribution in [0.3, 0.4) is 0 Å². The zero-order chi connectivity index (χ0) is 13.8. The highest BCUT2D eigenvalue weighted by molar-refractivity contribution is 6.40. The monoisotopic (exact) mass is 258 g/mol. The number of nitrogens with zero attached hydrogens (tertiary/aromatic N) is 2. The molecular formula is C14H14N2O3. The van der Waals surface area contributed by atoms with E-state index in [1.807, 2.05) is 17.8 Å². The first-order valence-corrected chi connectivity index (χ1v) is 5.92. The van der Waals surface area contributed by atoms with Gasteiger partial charge in [0.15, 0.2) is 0 Å². The van der Waals surface area contributed by atoms with Gasteiger partial charge in [0.2, 0.25) is 0 Å². The molecule has 0 saturated carbocycles. The topological polar surface area (TPSA) is 61.2 Å².